The molecule has 5 aliphatic rings. The van der Waals surface area contributed by atoms with Crippen LogP contribution in [-0.4, -0.2) is 3.90 Å². The molecule has 5 aliphatic carbocycles. The van der Waals surface area contributed by atoms with Gasteiger partial charge < -0.3 is 0 Å². The number of hydrogen-bond donors (Lipinski definition) is 0. The first-order valence-electron chi connectivity index (χ1n) is 10.8. The molecule has 0 aromatic heterocycles. The third kappa shape index (κ3) is 2.69. The van der Waals surface area contributed by atoms with Crippen LogP contribution in [0.4, 0.5) is 0 Å². The maximum absolute atomic E-state index is 2.37. The Morgan fingerprint density at radius 2 is 1.17 bits per heavy atom. The second-order valence-corrected chi connectivity index (χ2v) is 11.2. The van der Waals surface area contributed by atoms with Crippen molar-refractivity contribution in [3.8, 4) is 0 Å². The van der Waals surface area contributed by atoms with Gasteiger partial charge in [-0.05, 0) is 0 Å². The Hall–Kier alpha value is 0.558. The summed E-state index contributed by atoms with van der Waals surface area (Å²) in [6.07, 6.45) is 20.4. The van der Waals surface area contributed by atoms with E-state index in [1.54, 1.807) is 64.2 Å². The summed E-state index contributed by atoms with van der Waals surface area (Å²) in [6, 6.07) is 0. The van der Waals surface area contributed by atoms with Crippen molar-refractivity contribution in [2.75, 3.05) is 0 Å². The van der Waals surface area contributed by atoms with Crippen molar-refractivity contribution in [1.29, 1.82) is 0 Å². The minimum absolute atomic E-state index is 1.08. The van der Waals surface area contributed by atoms with Crippen molar-refractivity contribution >= 4 is 3.90 Å². The average Bonchev–Trinajstić information content (AvgIpc) is 2.59. The summed E-state index contributed by atoms with van der Waals surface area (Å²) in [5, 5.41) is 0. The SMILES string of the molecule is [Mo]=[C]1CCCC(C2CCC3CCC4CCCC5CCC2C3C45)C1. The fourth-order valence-corrected chi connectivity index (χ4v) is 9.23. The normalized spacial score (nSPS) is 52.8. The van der Waals surface area contributed by atoms with Crippen LogP contribution in [0.3, 0.4) is 0 Å². The second kappa shape index (κ2) is 6.37. The van der Waals surface area contributed by atoms with Crippen LogP contribution in [0.15, 0.2) is 0 Å². The van der Waals surface area contributed by atoms with Gasteiger partial charge in [-0.15, -0.1) is 0 Å². The van der Waals surface area contributed by atoms with Gasteiger partial charge >= 0.3 is 154 Å². The third-order valence-corrected chi connectivity index (χ3v) is 9.96. The molecule has 1 heteroatoms. The molecule has 0 N–H and O–H groups in total. The van der Waals surface area contributed by atoms with Crippen LogP contribution in [-0.2, 0) is 19.4 Å². The first kappa shape index (κ1) is 15.8. The Morgan fingerprint density at radius 1 is 0.565 bits per heavy atom. The van der Waals surface area contributed by atoms with Crippen molar-refractivity contribution in [2.24, 2.45) is 47.3 Å². The van der Waals surface area contributed by atoms with E-state index in [9.17, 15) is 0 Å². The van der Waals surface area contributed by atoms with E-state index >= 15 is 0 Å². The maximum atomic E-state index is 2.37. The number of rotatable bonds is 1. The van der Waals surface area contributed by atoms with E-state index in [0.29, 0.717) is 0 Å². The van der Waals surface area contributed by atoms with Gasteiger partial charge in [0.25, 0.3) is 0 Å². The van der Waals surface area contributed by atoms with E-state index < -0.39 is 0 Å². The van der Waals surface area contributed by atoms with Gasteiger partial charge in [0.15, 0.2) is 0 Å². The zero-order chi connectivity index (χ0) is 15.4. The van der Waals surface area contributed by atoms with Crippen molar-refractivity contribution in [2.45, 2.75) is 83.5 Å². The molecule has 0 aromatic rings. The first-order valence-corrected chi connectivity index (χ1v) is 11.8. The molecule has 0 spiro atoms. The van der Waals surface area contributed by atoms with Crippen LogP contribution in [0.1, 0.15) is 83.5 Å². The summed E-state index contributed by atoms with van der Waals surface area (Å²) < 4.78 is 1.84. The van der Waals surface area contributed by atoms with Crippen LogP contribution in [0.25, 0.3) is 0 Å². The first-order chi connectivity index (χ1) is 11.3. The Balaban J connectivity index is 1.41. The van der Waals surface area contributed by atoms with Gasteiger partial charge in [0.05, 0.1) is 0 Å². The Labute approximate surface area is 154 Å². The molecule has 0 heterocycles. The predicted octanol–water partition coefficient (Wildman–Crippen LogP) is 5.77. The Bertz CT molecular complexity index is 463. The fourth-order valence-electron chi connectivity index (χ4n) is 8.35. The molecule has 0 amide bonds. The van der Waals surface area contributed by atoms with Gasteiger partial charge in [-0.3, -0.25) is 0 Å². The third-order valence-electron chi connectivity index (χ3n) is 9.05. The summed E-state index contributed by atoms with van der Waals surface area (Å²) in [7, 11) is 0. The van der Waals surface area contributed by atoms with Gasteiger partial charge in [-0.1, -0.05) is 0 Å². The van der Waals surface area contributed by atoms with Gasteiger partial charge in [-0.2, -0.15) is 0 Å². The Kier molecular flexibility index (Phi) is 4.37. The second-order valence-electron chi connectivity index (χ2n) is 9.82. The molecule has 128 valence electrons. The van der Waals surface area contributed by atoms with Crippen LogP contribution in [0, 0.1) is 47.3 Å². The van der Waals surface area contributed by atoms with Crippen molar-refractivity contribution in [3.63, 3.8) is 0 Å². The van der Waals surface area contributed by atoms with Crippen molar-refractivity contribution in [1.82, 2.24) is 0 Å². The van der Waals surface area contributed by atoms with Crippen molar-refractivity contribution in [3.05, 3.63) is 0 Å². The zero-order valence-electron chi connectivity index (χ0n) is 14.7. The van der Waals surface area contributed by atoms with E-state index in [1.807, 2.05) is 3.90 Å². The predicted molar refractivity (Wildman–Crippen MR) is 92.9 cm³/mol. The van der Waals surface area contributed by atoms with E-state index in [0.717, 1.165) is 35.5 Å². The summed E-state index contributed by atoms with van der Waals surface area (Å²) >= 11 is 2.37. The van der Waals surface area contributed by atoms with E-state index in [1.165, 1.54) is 31.1 Å². The van der Waals surface area contributed by atoms with Gasteiger partial charge in [-0.25, -0.2) is 0 Å². The van der Waals surface area contributed by atoms with Gasteiger partial charge in [0.2, 0.25) is 0 Å². The summed E-state index contributed by atoms with van der Waals surface area (Å²) in [4.78, 5) is 0. The minimum atomic E-state index is 1.08. The quantitative estimate of drug-likeness (QED) is 0.495. The van der Waals surface area contributed by atoms with E-state index in [4.69, 9.17) is 0 Å². The van der Waals surface area contributed by atoms with Crippen LogP contribution in [0.5, 0.6) is 0 Å². The van der Waals surface area contributed by atoms with Gasteiger partial charge in [0.1, 0.15) is 0 Å². The molecule has 0 radical (unpaired) electrons. The van der Waals surface area contributed by atoms with E-state index in [2.05, 4.69) is 19.4 Å². The molecule has 0 saturated heterocycles. The molecule has 23 heavy (non-hydrogen) atoms. The molecule has 5 fully saturated rings. The van der Waals surface area contributed by atoms with Gasteiger partial charge in [0, 0.05) is 0 Å². The molecule has 0 aromatic carbocycles. The summed E-state index contributed by atoms with van der Waals surface area (Å²) in [6.45, 7) is 0. The molecule has 5 rings (SSSR count). The average molecular weight is 394 g/mol. The zero-order valence-corrected chi connectivity index (χ0v) is 16.7. The fraction of sp³-hybridized carbons (Fsp3) is 0.955. The van der Waals surface area contributed by atoms with Crippen LogP contribution in [0.2, 0.25) is 0 Å². The molecule has 0 nitrogen and oxygen atoms in total. The molecule has 0 bridgehead atoms. The molecular weight excluding hydrogens is 360 g/mol. The monoisotopic (exact) mass is 396 g/mol. The Morgan fingerprint density at radius 3 is 1.91 bits per heavy atom. The molecule has 5 saturated carbocycles. The molecule has 8 atom stereocenters. The topological polar surface area (TPSA) is 0 Å². The molecule has 8 unspecified atom stereocenters. The van der Waals surface area contributed by atoms with Crippen LogP contribution < -0.4 is 0 Å². The van der Waals surface area contributed by atoms with Crippen molar-refractivity contribution < 1.29 is 19.4 Å². The summed E-state index contributed by atoms with van der Waals surface area (Å²) in [5.41, 5.74) is 0. The standard InChI is InChI=1S/C22H34.Mo/c1-2-5-15(6-3-1)19-13-11-18-10-9-16-7-4-8-17-12-14-20(19)22(18)21(16)17;/h15-22H,1-2,4-14H2;. The molecular formula is C22H34Mo. The molecule has 0 aliphatic heterocycles. The number of hydrogen-bond acceptors (Lipinski definition) is 0. The van der Waals surface area contributed by atoms with Crippen LogP contribution >= 0.6 is 0 Å². The van der Waals surface area contributed by atoms with E-state index in [-0.39, 0.29) is 0 Å². The summed E-state index contributed by atoms with van der Waals surface area (Å²) in [5.74, 6) is 9.15.